The summed E-state index contributed by atoms with van der Waals surface area (Å²) in [7, 11) is 0. The maximum Gasteiger partial charge on any atom is 0.266 e. The smallest absolute Gasteiger partial charge is 0.266 e. The van der Waals surface area contributed by atoms with Gasteiger partial charge in [-0.05, 0) is 31.0 Å². The molecule has 0 saturated carbocycles. The molecule has 6 heteroatoms. The van der Waals surface area contributed by atoms with Crippen molar-refractivity contribution in [2.75, 3.05) is 39.4 Å². The van der Waals surface area contributed by atoms with Crippen molar-refractivity contribution in [3.05, 3.63) is 41.9 Å². The average molecular weight is 314 g/mol. The van der Waals surface area contributed by atoms with E-state index in [0.29, 0.717) is 26.3 Å². The lowest BCUT2D eigenvalue weighted by Gasteiger charge is -2.27. The third kappa shape index (κ3) is 5.08. The van der Waals surface area contributed by atoms with E-state index in [4.69, 9.17) is 4.74 Å². The molecule has 0 radical (unpaired) electrons. The van der Waals surface area contributed by atoms with E-state index in [9.17, 15) is 10.1 Å². The molecule has 1 aliphatic rings. The predicted octanol–water partition coefficient (Wildman–Crippen LogP) is 1.21. The number of likely N-dealkylation sites (N-methyl/N-ethyl adjacent to an activating group) is 1. The van der Waals surface area contributed by atoms with Crippen LogP contribution in [0.2, 0.25) is 0 Å². The summed E-state index contributed by atoms with van der Waals surface area (Å²) in [5, 5.41) is 9.32. The zero-order valence-corrected chi connectivity index (χ0v) is 13.4. The third-order valence-corrected chi connectivity index (χ3v) is 3.80. The minimum absolute atomic E-state index is 0.184. The summed E-state index contributed by atoms with van der Waals surface area (Å²) in [4.78, 5) is 20.1. The van der Waals surface area contributed by atoms with Gasteiger partial charge in [-0.1, -0.05) is 0 Å². The fourth-order valence-corrected chi connectivity index (χ4v) is 2.39. The van der Waals surface area contributed by atoms with Crippen molar-refractivity contribution in [2.24, 2.45) is 0 Å². The Morgan fingerprint density at radius 3 is 2.74 bits per heavy atom. The molecule has 0 spiro atoms. The molecule has 2 rings (SSSR count). The second-order valence-corrected chi connectivity index (χ2v) is 5.29. The maximum atomic E-state index is 12.4. The zero-order chi connectivity index (χ0) is 16.5. The highest BCUT2D eigenvalue weighted by Gasteiger charge is 2.21. The molecular formula is C17H22N4O2. The van der Waals surface area contributed by atoms with Crippen LogP contribution >= 0.6 is 0 Å². The highest BCUT2D eigenvalue weighted by atomic mass is 16.5. The molecule has 0 aliphatic carbocycles. The van der Waals surface area contributed by atoms with Gasteiger partial charge in [0.05, 0.1) is 13.2 Å². The Morgan fingerprint density at radius 1 is 1.43 bits per heavy atom. The van der Waals surface area contributed by atoms with Gasteiger partial charge in [-0.2, -0.15) is 5.26 Å². The molecule has 23 heavy (non-hydrogen) atoms. The van der Waals surface area contributed by atoms with E-state index in [0.717, 1.165) is 19.5 Å². The highest BCUT2D eigenvalue weighted by Crippen LogP contribution is 2.08. The molecule has 1 aliphatic heterocycles. The SMILES string of the molecule is CCN(/C=C(/C#N)C(=O)N1CCOCC1)CCc1ccncc1. The van der Waals surface area contributed by atoms with Crippen LogP contribution in [0, 0.1) is 11.3 Å². The van der Waals surface area contributed by atoms with Gasteiger partial charge in [0, 0.05) is 44.8 Å². The largest absolute Gasteiger partial charge is 0.378 e. The monoisotopic (exact) mass is 314 g/mol. The van der Waals surface area contributed by atoms with Crippen LogP contribution < -0.4 is 0 Å². The quantitative estimate of drug-likeness (QED) is 0.583. The fraction of sp³-hybridized carbons (Fsp3) is 0.471. The number of nitrogens with zero attached hydrogens (tertiary/aromatic N) is 4. The lowest BCUT2D eigenvalue weighted by atomic mass is 10.2. The maximum absolute atomic E-state index is 12.4. The standard InChI is InChI=1S/C17H22N4O2/c1-2-20(8-5-15-3-6-19-7-4-15)14-16(13-18)17(22)21-9-11-23-12-10-21/h3-4,6-7,14H,2,5,8-12H2,1H3/b16-14-. The molecule has 1 aromatic heterocycles. The van der Waals surface area contributed by atoms with Gasteiger partial charge in [0.2, 0.25) is 0 Å². The summed E-state index contributed by atoms with van der Waals surface area (Å²) in [5.74, 6) is -0.210. The van der Waals surface area contributed by atoms with Crippen LogP contribution in [0.3, 0.4) is 0 Å². The van der Waals surface area contributed by atoms with Crippen LogP contribution in [-0.4, -0.2) is 60.1 Å². The minimum Gasteiger partial charge on any atom is -0.378 e. The second-order valence-electron chi connectivity index (χ2n) is 5.29. The van der Waals surface area contributed by atoms with Crippen molar-refractivity contribution in [1.29, 1.82) is 5.26 Å². The average Bonchev–Trinajstić information content (AvgIpc) is 2.63. The van der Waals surface area contributed by atoms with Gasteiger partial charge in [0.25, 0.3) is 5.91 Å². The van der Waals surface area contributed by atoms with E-state index >= 15 is 0 Å². The molecule has 1 aromatic rings. The first-order valence-electron chi connectivity index (χ1n) is 7.86. The van der Waals surface area contributed by atoms with Crippen molar-refractivity contribution in [2.45, 2.75) is 13.3 Å². The van der Waals surface area contributed by atoms with Gasteiger partial charge in [-0.25, -0.2) is 0 Å². The molecule has 1 fully saturated rings. The molecule has 6 nitrogen and oxygen atoms in total. The van der Waals surface area contributed by atoms with Gasteiger partial charge in [-0.15, -0.1) is 0 Å². The van der Waals surface area contributed by atoms with Crippen molar-refractivity contribution >= 4 is 5.91 Å². The first kappa shape index (κ1) is 17.0. The Hall–Kier alpha value is -2.39. The number of hydrogen-bond acceptors (Lipinski definition) is 5. The van der Waals surface area contributed by atoms with Gasteiger partial charge in [0.1, 0.15) is 11.6 Å². The lowest BCUT2D eigenvalue weighted by molar-refractivity contribution is -0.130. The number of carbonyl (C=O) groups is 1. The lowest BCUT2D eigenvalue weighted by Crippen LogP contribution is -2.41. The molecular weight excluding hydrogens is 292 g/mol. The highest BCUT2D eigenvalue weighted by molar-refractivity contribution is 5.97. The molecule has 2 heterocycles. The van der Waals surface area contributed by atoms with Crippen molar-refractivity contribution in [3.8, 4) is 6.07 Å². The summed E-state index contributed by atoms with van der Waals surface area (Å²) in [5.41, 5.74) is 1.37. The topological polar surface area (TPSA) is 69.5 Å². The van der Waals surface area contributed by atoms with Crippen molar-refractivity contribution < 1.29 is 9.53 Å². The van der Waals surface area contributed by atoms with Crippen LogP contribution in [0.25, 0.3) is 0 Å². The third-order valence-electron chi connectivity index (χ3n) is 3.80. The summed E-state index contributed by atoms with van der Waals surface area (Å²) in [6.45, 7) is 5.65. The van der Waals surface area contributed by atoms with Crippen LogP contribution in [0.4, 0.5) is 0 Å². The summed E-state index contributed by atoms with van der Waals surface area (Å²) < 4.78 is 5.24. The van der Waals surface area contributed by atoms with Crippen LogP contribution in [0.15, 0.2) is 36.3 Å². The first-order valence-corrected chi connectivity index (χ1v) is 7.86. The number of aromatic nitrogens is 1. The van der Waals surface area contributed by atoms with E-state index < -0.39 is 0 Å². The van der Waals surface area contributed by atoms with E-state index in [-0.39, 0.29) is 11.5 Å². The number of pyridine rings is 1. The molecule has 0 unspecified atom stereocenters. The molecule has 0 atom stereocenters. The number of nitriles is 1. The van der Waals surface area contributed by atoms with Crippen LogP contribution in [0.1, 0.15) is 12.5 Å². The normalized spacial score (nSPS) is 15.1. The van der Waals surface area contributed by atoms with Crippen molar-refractivity contribution in [1.82, 2.24) is 14.8 Å². The molecule has 0 aromatic carbocycles. The number of carbonyl (C=O) groups excluding carboxylic acids is 1. The summed E-state index contributed by atoms with van der Waals surface area (Å²) in [6.07, 6.45) is 6.06. The fourth-order valence-electron chi connectivity index (χ4n) is 2.39. The van der Waals surface area contributed by atoms with E-state index in [2.05, 4.69) is 4.98 Å². The van der Waals surface area contributed by atoms with Crippen LogP contribution in [-0.2, 0) is 16.0 Å². The van der Waals surface area contributed by atoms with Gasteiger partial charge in [-0.3, -0.25) is 9.78 Å². The zero-order valence-electron chi connectivity index (χ0n) is 13.4. The summed E-state index contributed by atoms with van der Waals surface area (Å²) >= 11 is 0. The Labute approximate surface area is 137 Å². The number of ether oxygens (including phenoxy) is 1. The van der Waals surface area contributed by atoms with Gasteiger partial charge >= 0.3 is 0 Å². The van der Waals surface area contributed by atoms with E-state index in [1.165, 1.54) is 5.56 Å². The first-order chi connectivity index (χ1) is 11.2. The predicted molar refractivity (Wildman–Crippen MR) is 86.3 cm³/mol. The van der Waals surface area contributed by atoms with E-state index in [1.807, 2.05) is 30.0 Å². The number of rotatable bonds is 6. The van der Waals surface area contributed by atoms with Gasteiger partial charge < -0.3 is 14.5 Å². The molecule has 0 bridgehead atoms. The molecule has 1 saturated heterocycles. The Kier molecular flexibility index (Phi) is 6.57. The second kappa shape index (κ2) is 8.91. The number of hydrogen-bond donors (Lipinski definition) is 0. The Morgan fingerprint density at radius 2 is 2.13 bits per heavy atom. The Balaban J connectivity index is 1.99. The molecule has 0 N–H and O–H groups in total. The molecule has 1 amide bonds. The number of morpholine rings is 1. The molecule has 122 valence electrons. The van der Waals surface area contributed by atoms with E-state index in [1.54, 1.807) is 23.5 Å². The van der Waals surface area contributed by atoms with Gasteiger partial charge in [0.15, 0.2) is 0 Å². The van der Waals surface area contributed by atoms with Crippen LogP contribution in [0.5, 0.6) is 0 Å². The Bertz CT molecular complexity index is 574. The minimum atomic E-state index is -0.210. The number of amides is 1. The summed E-state index contributed by atoms with van der Waals surface area (Å²) in [6, 6.07) is 5.99. The van der Waals surface area contributed by atoms with Crippen molar-refractivity contribution in [3.63, 3.8) is 0 Å².